The van der Waals surface area contributed by atoms with Gasteiger partial charge in [0.15, 0.2) is 5.83 Å². The number of aromatic nitrogens is 2. The van der Waals surface area contributed by atoms with Crippen LogP contribution in [0.15, 0.2) is 36.7 Å². The summed E-state index contributed by atoms with van der Waals surface area (Å²) in [6.07, 6.45) is -4.63. The van der Waals surface area contributed by atoms with E-state index >= 15 is 0 Å². The fraction of sp³-hybridized carbons (Fsp3) is 0.250. The van der Waals surface area contributed by atoms with Gasteiger partial charge in [-0.05, 0) is 37.6 Å². The summed E-state index contributed by atoms with van der Waals surface area (Å²) in [6.45, 7) is 5.80. The number of nitrogens with zero attached hydrogens (tertiary/aromatic N) is 2. The van der Waals surface area contributed by atoms with Gasteiger partial charge < -0.3 is 5.32 Å². The van der Waals surface area contributed by atoms with Crippen molar-refractivity contribution < 1.29 is 22.4 Å². The lowest BCUT2D eigenvalue weighted by Crippen LogP contribution is -2.24. The van der Waals surface area contributed by atoms with Gasteiger partial charge >= 0.3 is 6.18 Å². The highest BCUT2D eigenvalue weighted by Crippen LogP contribution is 2.33. The Kier molecular flexibility index (Phi) is 4.77. The standard InChI is InChI=1S/C16H15F4N3O/c1-9-6-10(2)23(22-9)13-5-4-12(8-21-15(24)11(3)17)14(7-13)16(18,19)20/h4-7H,3,8H2,1-2H3,(H,21,24). The number of carbonyl (C=O) groups excluding carboxylic acids is 1. The van der Waals surface area contributed by atoms with Crippen LogP contribution in [0.25, 0.3) is 5.69 Å². The van der Waals surface area contributed by atoms with E-state index in [4.69, 9.17) is 0 Å². The van der Waals surface area contributed by atoms with Crippen molar-refractivity contribution in [2.45, 2.75) is 26.6 Å². The molecule has 0 spiro atoms. The molecular weight excluding hydrogens is 326 g/mol. The number of halogens is 4. The molecule has 1 aromatic heterocycles. The van der Waals surface area contributed by atoms with Gasteiger partial charge in [-0.1, -0.05) is 12.6 Å². The van der Waals surface area contributed by atoms with Crippen molar-refractivity contribution in [2.75, 3.05) is 0 Å². The molecule has 0 saturated heterocycles. The maximum Gasteiger partial charge on any atom is 0.416 e. The lowest BCUT2D eigenvalue weighted by molar-refractivity contribution is -0.138. The molecule has 0 unspecified atom stereocenters. The predicted octanol–water partition coefficient (Wildman–Crippen LogP) is 3.61. The molecule has 0 saturated carbocycles. The number of carbonyl (C=O) groups is 1. The highest BCUT2D eigenvalue weighted by atomic mass is 19.4. The Bertz CT molecular complexity index is 793. The molecule has 1 heterocycles. The van der Waals surface area contributed by atoms with E-state index in [1.54, 1.807) is 19.9 Å². The second kappa shape index (κ2) is 6.46. The highest BCUT2D eigenvalue weighted by Gasteiger charge is 2.34. The van der Waals surface area contributed by atoms with Crippen LogP contribution in [0.3, 0.4) is 0 Å². The van der Waals surface area contributed by atoms with Crippen LogP contribution in [-0.4, -0.2) is 15.7 Å². The minimum absolute atomic E-state index is 0.178. The number of benzene rings is 1. The third-order valence-electron chi connectivity index (χ3n) is 3.34. The summed E-state index contributed by atoms with van der Waals surface area (Å²) in [5.41, 5.74) is 0.520. The van der Waals surface area contributed by atoms with Gasteiger partial charge in [0.1, 0.15) is 0 Å². The van der Waals surface area contributed by atoms with Crippen LogP contribution in [0.2, 0.25) is 0 Å². The number of hydrogen-bond donors (Lipinski definition) is 1. The third-order valence-corrected chi connectivity index (χ3v) is 3.34. The van der Waals surface area contributed by atoms with Crippen LogP contribution in [0, 0.1) is 13.8 Å². The van der Waals surface area contributed by atoms with Crippen molar-refractivity contribution in [3.63, 3.8) is 0 Å². The largest absolute Gasteiger partial charge is 0.416 e. The number of hydrogen-bond acceptors (Lipinski definition) is 2. The Morgan fingerprint density at radius 3 is 2.46 bits per heavy atom. The van der Waals surface area contributed by atoms with Crippen molar-refractivity contribution in [1.82, 2.24) is 15.1 Å². The molecule has 1 aromatic carbocycles. The maximum atomic E-state index is 13.3. The van der Waals surface area contributed by atoms with E-state index in [9.17, 15) is 22.4 Å². The second-order valence-corrected chi connectivity index (χ2v) is 5.27. The van der Waals surface area contributed by atoms with E-state index < -0.39 is 30.0 Å². The molecule has 2 aromatic rings. The minimum Gasteiger partial charge on any atom is -0.346 e. The molecule has 24 heavy (non-hydrogen) atoms. The number of alkyl halides is 3. The van der Waals surface area contributed by atoms with Crippen molar-refractivity contribution in [3.05, 3.63) is 59.2 Å². The van der Waals surface area contributed by atoms with Crippen LogP contribution >= 0.6 is 0 Å². The average Bonchev–Trinajstić information content (AvgIpc) is 2.82. The van der Waals surface area contributed by atoms with Gasteiger partial charge in [-0.15, -0.1) is 0 Å². The first-order valence-corrected chi connectivity index (χ1v) is 6.96. The molecule has 0 atom stereocenters. The van der Waals surface area contributed by atoms with Crippen molar-refractivity contribution in [2.24, 2.45) is 0 Å². The zero-order valence-electron chi connectivity index (χ0n) is 13.0. The molecule has 0 aliphatic heterocycles. The van der Waals surface area contributed by atoms with E-state index in [-0.39, 0.29) is 11.3 Å². The van der Waals surface area contributed by atoms with Crippen LogP contribution in [0.1, 0.15) is 22.5 Å². The summed E-state index contributed by atoms with van der Waals surface area (Å²) in [7, 11) is 0. The Hall–Kier alpha value is -2.64. The molecule has 1 N–H and O–H groups in total. The third kappa shape index (κ3) is 3.81. The van der Waals surface area contributed by atoms with Gasteiger partial charge in [-0.3, -0.25) is 4.79 Å². The van der Waals surface area contributed by atoms with Crippen LogP contribution < -0.4 is 5.32 Å². The molecule has 1 amide bonds. The van der Waals surface area contributed by atoms with Gasteiger partial charge in [0.2, 0.25) is 0 Å². The molecule has 4 nitrogen and oxygen atoms in total. The van der Waals surface area contributed by atoms with E-state index in [0.29, 0.717) is 11.4 Å². The maximum absolute atomic E-state index is 13.3. The number of nitrogens with one attached hydrogen (secondary N) is 1. The zero-order valence-corrected chi connectivity index (χ0v) is 13.0. The number of amides is 1. The number of aryl methyl sites for hydroxylation is 2. The molecule has 0 fully saturated rings. The Labute approximate surface area is 135 Å². The van der Waals surface area contributed by atoms with Crippen molar-refractivity contribution in [1.29, 1.82) is 0 Å². The summed E-state index contributed by atoms with van der Waals surface area (Å²) in [5.74, 6) is -2.41. The summed E-state index contributed by atoms with van der Waals surface area (Å²) in [4.78, 5) is 11.1. The van der Waals surface area contributed by atoms with E-state index in [1.807, 2.05) is 5.32 Å². The van der Waals surface area contributed by atoms with Crippen LogP contribution in [-0.2, 0) is 17.5 Å². The van der Waals surface area contributed by atoms with Crippen LogP contribution in [0.4, 0.5) is 17.6 Å². The lowest BCUT2D eigenvalue weighted by Gasteiger charge is -2.15. The molecule has 8 heteroatoms. The quantitative estimate of drug-likeness (QED) is 0.682. The number of rotatable bonds is 4. The second-order valence-electron chi connectivity index (χ2n) is 5.27. The van der Waals surface area contributed by atoms with Crippen molar-refractivity contribution in [3.8, 4) is 5.69 Å². The Morgan fingerprint density at radius 1 is 1.29 bits per heavy atom. The lowest BCUT2D eigenvalue weighted by atomic mass is 10.1. The van der Waals surface area contributed by atoms with Gasteiger partial charge in [-0.2, -0.15) is 18.3 Å². The monoisotopic (exact) mass is 341 g/mol. The van der Waals surface area contributed by atoms with Gasteiger partial charge in [0.05, 0.1) is 16.9 Å². The summed E-state index contributed by atoms with van der Waals surface area (Å²) < 4.78 is 53.9. The van der Waals surface area contributed by atoms with Crippen molar-refractivity contribution >= 4 is 5.91 Å². The molecule has 2 rings (SSSR count). The van der Waals surface area contributed by atoms with E-state index in [2.05, 4.69) is 11.7 Å². The zero-order chi connectivity index (χ0) is 18.1. The molecular formula is C16H15F4N3O. The topological polar surface area (TPSA) is 46.9 Å². The Morgan fingerprint density at radius 2 is 1.96 bits per heavy atom. The molecule has 0 radical (unpaired) electrons. The smallest absolute Gasteiger partial charge is 0.346 e. The summed E-state index contributed by atoms with van der Waals surface area (Å²) >= 11 is 0. The molecule has 0 aliphatic carbocycles. The predicted molar refractivity (Wildman–Crippen MR) is 80.1 cm³/mol. The Balaban J connectivity index is 2.41. The first-order chi connectivity index (χ1) is 11.1. The SMILES string of the molecule is C=C(F)C(=O)NCc1ccc(-n2nc(C)cc2C)cc1C(F)(F)F. The molecule has 0 bridgehead atoms. The first-order valence-electron chi connectivity index (χ1n) is 6.96. The minimum atomic E-state index is -4.63. The van der Waals surface area contributed by atoms with E-state index in [1.165, 1.54) is 16.8 Å². The normalized spacial score (nSPS) is 11.4. The first kappa shape index (κ1) is 17.7. The molecule has 128 valence electrons. The van der Waals surface area contributed by atoms with Gasteiger partial charge in [0.25, 0.3) is 5.91 Å². The van der Waals surface area contributed by atoms with Gasteiger partial charge in [-0.25, -0.2) is 9.07 Å². The summed E-state index contributed by atoms with van der Waals surface area (Å²) in [6, 6.07) is 5.38. The summed E-state index contributed by atoms with van der Waals surface area (Å²) in [5, 5.41) is 6.20. The molecule has 0 aliphatic rings. The van der Waals surface area contributed by atoms with Gasteiger partial charge in [0, 0.05) is 12.2 Å². The van der Waals surface area contributed by atoms with Crippen LogP contribution in [0.5, 0.6) is 0 Å². The highest BCUT2D eigenvalue weighted by molar-refractivity contribution is 5.90. The van der Waals surface area contributed by atoms with E-state index in [0.717, 1.165) is 6.07 Å². The fourth-order valence-electron chi connectivity index (χ4n) is 2.28. The average molecular weight is 341 g/mol. The fourth-order valence-corrected chi connectivity index (χ4v) is 2.28.